The molecule has 0 aromatic heterocycles. The molecule has 0 aromatic rings. The third-order valence-electron chi connectivity index (χ3n) is 0. The van der Waals surface area contributed by atoms with Crippen LogP contribution >= 0.6 is 0 Å². The summed E-state index contributed by atoms with van der Waals surface area (Å²) in [4.78, 5) is 0. The monoisotopic (exact) mass is 121 g/mol. The summed E-state index contributed by atoms with van der Waals surface area (Å²) in [6.07, 6.45) is 0. The van der Waals surface area contributed by atoms with E-state index in [2.05, 4.69) is 0 Å². The fourth-order valence-corrected chi connectivity index (χ4v) is 0. The molecule has 7 heavy (non-hydrogen) atoms. The predicted molar refractivity (Wildman–Crippen MR) is 21.2 cm³/mol. The molecule has 5 nitrogen and oxygen atoms in total. The van der Waals surface area contributed by atoms with Crippen molar-refractivity contribution < 1.29 is 27.4 Å². The van der Waals surface area contributed by atoms with Crippen LogP contribution in [0.4, 0.5) is 0 Å². The summed E-state index contributed by atoms with van der Waals surface area (Å²) in [5, 5.41) is 0. The molecule has 0 aliphatic rings. The maximum absolute atomic E-state index is 0. The first-order chi connectivity index (χ1) is 0. The molecule has 0 rings (SSSR count). The first-order valence-electron chi connectivity index (χ1n) is 0. The predicted octanol–water partition coefficient (Wildman–Crippen LogP) is -1.65. The summed E-state index contributed by atoms with van der Waals surface area (Å²) in [7, 11) is 0. The van der Waals surface area contributed by atoms with E-state index in [1.54, 1.807) is 0 Å². The maximum Gasteiger partial charge on any atom is 3.00 e. The smallest absolute Gasteiger partial charge is 0.870 e. The molecular weight excluding hydrogens is 116 g/mol. The molecule has 0 bridgehead atoms. The molecule has 0 radical (unpaired) electrons. The molecule has 0 fully saturated rings. The molecule has 0 atom stereocenters. The molecule has 0 spiro atoms. The Morgan fingerprint density at radius 1 is 0.429 bits per heavy atom. The molecule has 5 N–H and O–H groups in total. The van der Waals surface area contributed by atoms with Gasteiger partial charge in [0.1, 0.15) is 0 Å². The van der Waals surface area contributed by atoms with Gasteiger partial charge in [0.25, 0.3) is 0 Å². The van der Waals surface area contributed by atoms with Crippen LogP contribution in [0.25, 0.3) is 0 Å². The number of hydrogen-bond donors (Lipinski definition) is 0. The van der Waals surface area contributed by atoms with Gasteiger partial charge in [0.2, 0.25) is 0 Å². The molecular formula is H5AlBeO5. The van der Waals surface area contributed by atoms with Crippen molar-refractivity contribution in [3.05, 3.63) is 0 Å². The quantitative estimate of drug-likeness (QED) is 0.351. The molecule has 0 aliphatic carbocycles. The molecule has 0 unspecified atom stereocenters. The summed E-state index contributed by atoms with van der Waals surface area (Å²) < 4.78 is 0. The van der Waals surface area contributed by atoms with Gasteiger partial charge in [-0.2, -0.15) is 0 Å². The zero-order valence-electron chi connectivity index (χ0n) is 3.52. The van der Waals surface area contributed by atoms with Crippen LogP contribution in [0.5, 0.6) is 0 Å². The Morgan fingerprint density at radius 2 is 0.429 bits per heavy atom. The Labute approximate surface area is 55.6 Å². The van der Waals surface area contributed by atoms with Crippen LogP contribution in [-0.2, 0) is 0 Å². The fourth-order valence-electron chi connectivity index (χ4n) is 0. The van der Waals surface area contributed by atoms with Crippen LogP contribution in [0.2, 0.25) is 0 Å². The Balaban J connectivity index is 0. The fraction of sp³-hybridized carbons (Fsp3) is 0. The minimum Gasteiger partial charge on any atom is -0.870 e. The normalized spacial score (nSPS) is 0. The Kier molecular flexibility index (Phi) is 141000. The second-order valence-electron chi connectivity index (χ2n) is 0. The molecule has 0 amide bonds. The molecule has 0 aromatic carbocycles. The molecule has 7 heteroatoms. The van der Waals surface area contributed by atoms with E-state index in [1.807, 2.05) is 0 Å². The van der Waals surface area contributed by atoms with Crippen LogP contribution < -0.4 is 0 Å². The summed E-state index contributed by atoms with van der Waals surface area (Å²) in [5.74, 6) is 0. The molecule has 0 saturated carbocycles. The van der Waals surface area contributed by atoms with Gasteiger partial charge in [-0.25, -0.2) is 0 Å². The maximum atomic E-state index is 0. The van der Waals surface area contributed by atoms with E-state index in [1.165, 1.54) is 0 Å². The Bertz CT molecular complexity index is 8.04. The third-order valence-corrected chi connectivity index (χ3v) is 0. The van der Waals surface area contributed by atoms with Crippen molar-refractivity contribution >= 4 is 27.5 Å². The average molecular weight is 121 g/mol. The largest absolute Gasteiger partial charge is 3.00 e. The van der Waals surface area contributed by atoms with Crippen molar-refractivity contribution in [2.75, 3.05) is 0 Å². The van der Waals surface area contributed by atoms with Gasteiger partial charge in [-0.05, 0) is 0 Å². The minimum atomic E-state index is 0. The van der Waals surface area contributed by atoms with Gasteiger partial charge in [-0.3, -0.25) is 0 Å². The van der Waals surface area contributed by atoms with E-state index in [9.17, 15) is 0 Å². The molecule has 0 saturated heterocycles. The van der Waals surface area contributed by atoms with Crippen LogP contribution in [0.15, 0.2) is 0 Å². The topological polar surface area (TPSA) is 150 Å². The summed E-state index contributed by atoms with van der Waals surface area (Å²) in [5.41, 5.74) is 0. The zero-order chi connectivity index (χ0) is 0. The van der Waals surface area contributed by atoms with Crippen LogP contribution in [0.1, 0.15) is 0 Å². The van der Waals surface area contributed by atoms with Crippen LogP contribution in [-0.4, -0.2) is 54.9 Å². The van der Waals surface area contributed by atoms with E-state index < -0.39 is 0 Å². The van der Waals surface area contributed by atoms with Crippen molar-refractivity contribution in [2.45, 2.75) is 0 Å². The average Bonchev–Trinajstić information content (AvgIpc) is 0. The first kappa shape index (κ1) is 1260. The van der Waals surface area contributed by atoms with E-state index in [0.29, 0.717) is 0 Å². The number of rotatable bonds is 0. The van der Waals surface area contributed by atoms with Gasteiger partial charge in [0.15, 0.2) is 0 Å². The van der Waals surface area contributed by atoms with Gasteiger partial charge < -0.3 is 27.4 Å². The SMILES string of the molecule is [Al+3].[Be+2].[OH-].[OH-].[OH-].[OH-].[OH-]. The first-order valence-corrected chi connectivity index (χ1v) is 0. The van der Waals surface area contributed by atoms with Crippen molar-refractivity contribution in [1.29, 1.82) is 0 Å². The van der Waals surface area contributed by atoms with Crippen molar-refractivity contribution in [1.82, 2.24) is 0 Å². The van der Waals surface area contributed by atoms with Crippen molar-refractivity contribution in [3.8, 4) is 0 Å². The minimum absolute atomic E-state index is 0. The van der Waals surface area contributed by atoms with Crippen molar-refractivity contribution in [3.63, 3.8) is 0 Å². The van der Waals surface area contributed by atoms with E-state index in [0.717, 1.165) is 0 Å². The summed E-state index contributed by atoms with van der Waals surface area (Å²) in [6, 6.07) is 0. The summed E-state index contributed by atoms with van der Waals surface area (Å²) in [6.45, 7) is 0. The zero-order valence-corrected chi connectivity index (χ0v) is 4.68. The van der Waals surface area contributed by atoms with Gasteiger partial charge in [-0.15, -0.1) is 0 Å². The summed E-state index contributed by atoms with van der Waals surface area (Å²) >= 11 is 0. The Hall–Kier alpha value is 0.501. The third kappa shape index (κ3) is 524. The molecule has 0 heterocycles. The Morgan fingerprint density at radius 3 is 0.429 bits per heavy atom. The van der Waals surface area contributed by atoms with Crippen molar-refractivity contribution in [2.24, 2.45) is 0 Å². The number of hydrogen-bond acceptors (Lipinski definition) is 5. The van der Waals surface area contributed by atoms with Crippen LogP contribution in [0, 0.1) is 0 Å². The second-order valence-corrected chi connectivity index (χ2v) is 0. The van der Waals surface area contributed by atoms with Crippen LogP contribution in [0.3, 0.4) is 0 Å². The van der Waals surface area contributed by atoms with E-state index >= 15 is 0 Å². The second kappa shape index (κ2) is 783. The molecule has 40 valence electrons. The van der Waals surface area contributed by atoms with Gasteiger partial charge in [0, 0.05) is 0 Å². The van der Waals surface area contributed by atoms with Gasteiger partial charge in [-0.1, -0.05) is 0 Å². The molecule has 0 aliphatic heterocycles. The van der Waals surface area contributed by atoms with Gasteiger partial charge in [0.05, 0.1) is 0 Å². The standard InChI is InChI=1S/Al.Be.5H2O/h;;5*1H2/q+3;+2;;;;;/p-5. The van der Waals surface area contributed by atoms with E-state index in [-0.39, 0.29) is 54.9 Å². The van der Waals surface area contributed by atoms with E-state index in [4.69, 9.17) is 0 Å². The van der Waals surface area contributed by atoms with Gasteiger partial charge >= 0.3 is 27.5 Å².